The first-order valence-electron chi connectivity index (χ1n) is 7.39. The van der Waals surface area contributed by atoms with E-state index in [9.17, 15) is 0 Å². The van der Waals surface area contributed by atoms with Crippen molar-refractivity contribution < 1.29 is 9.26 Å². The Hall–Kier alpha value is -0.940. The Kier molecular flexibility index (Phi) is 5.34. The van der Waals surface area contributed by atoms with E-state index in [0.717, 1.165) is 31.6 Å². The van der Waals surface area contributed by atoms with Gasteiger partial charge >= 0.3 is 0 Å². The van der Waals surface area contributed by atoms with Crippen LogP contribution in [0.25, 0.3) is 0 Å². The lowest BCUT2D eigenvalue weighted by atomic mass is 9.93. The maximum absolute atomic E-state index is 5.78. The summed E-state index contributed by atoms with van der Waals surface area (Å²) in [5.74, 6) is 1.38. The van der Waals surface area contributed by atoms with Crippen molar-refractivity contribution in [2.45, 2.75) is 64.0 Å². The van der Waals surface area contributed by atoms with Gasteiger partial charge in [-0.1, -0.05) is 37.8 Å². The van der Waals surface area contributed by atoms with Crippen LogP contribution in [-0.2, 0) is 16.9 Å². The molecule has 1 heterocycles. The molecule has 0 aromatic carbocycles. The van der Waals surface area contributed by atoms with Crippen LogP contribution < -0.4 is 5.32 Å². The van der Waals surface area contributed by atoms with Crippen LogP contribution in [0, 0.1) is 0 Å². The van der Waals surface area contributed by atoms with Crippen LogP contribution in [0.1, 0.15) is 63.6 Å². The second-order valence-corrected chi connectivity index (χ2v) is 5.30. The zero-order chi connectivity index (χ0) is 13.6. The molecule has 0 amide bonds. The predicted octanol–water partition coefficient (Wildman–Crippen LogP) is 2.77. The van der Waals surface area contributed by atoms with Crippen LogP contribution in [0.3, 0.4) is 0 Å². The summed E-state index contributed by atoms with van der Waals surface area (Å²) < 4.78 is 11.1. The van der Waals surface area contributed by atoms with Crippen molar-refractivity contribution in [3.63, 3.8) is 0 Å². The molecule has 0 saturated heterocycles. The summed E-state index contributed by atoms with van der Waals surface area (Å²) in [5, 5.41) is 7.43. The second kappa shape index (κ2) is 7.01. The quantitative estimate of drug-likeness (QED) is 0.634. The van der Waals surface area contributed by atoms with E-state index in [1.807, 2.05) is 0 Å². The summed E-state index contributed by atoms with van der Waals surface area (Å²) in [7, 11) is 1.76. The number of methoxy groups -OCH3 is 1. The minimum Gasteiger partial charge on any atom is -0.370 e. The molecule has 0 atom stereocenters. The molecule has 0 spiro atoms. The Labute approximate surface area is 115 Å². The molecule has 1 aromatic rings. The standard InChI is InChI=1S/C14H25N3O2/c1-3-10-15-11-12-16-13(17-19-12)14(18-2)8-6-4-5-7-9-14/h15H,3-11H2,1-2H3. The number of rotatable bonds is 6. The SMILES string of the molecule is CCCNCc1nc(C2(OC)CCCCCC2)no1. The zero-order valence-electron chi connectivity index (χ0n) is 12.1. The van der Waals surface area contributed by atoms with E-state index >= 15 is 0 Å². The molecular formula is C14H25N3O2. The smallest absolute Gasteiger partial charge is 0.240 e. The van der Waals surface area contributed by atoms with Gasteiger partial charge < -0.3 is 14.6 Å². The average Bonchev–Trinajstić information content (AvgIpc) is 2.77. The summed E-state index contributed by atoms with van der Waals surface area (Å²) in [6, 6.07) is 0. The molecule has 1 aliphatic rings. The van der Waals surface area contributed by atoms with E-state index in [1.165, 1.54) is 25.7 Å². The number of ether oxygens (including phenoxy) is 1. The molecule has 2 rings (SSSR count). The van der Waals surface area contributed by atoms with Gasteiger partial charge in [-0.25, -0.2) is 0 Å². The largest absolute Gasteiger partial charge is 0.370 e. The second-order valence-electron chi connectivity index (χ2n) is 5.30. The molecule has 0 unspecified atom stereocenters. The number of nitrogens with one attached hydrogen (secondary N) is 1. The Morgan fingerprint density at radius 1 is 1.26 bits per heavy atom. The lowest BCUT2D eigenvalue weighted by molar-refractivity contribution is -0.0365. The fourth-order valence-electron chi connectivity index (χ4n) is 2.70. The summed E-state index contributed by atoms with van der Waals surface area (Å²) in [4.78, 5) is 4.53. The van der Waals surface area contributed by atoms with Crippen LogP contribution in [0.2, 0.25) is 0 Å². The highest BCUT2D eigenvalue weighted by molar-refractivity contribution is 5.02. The Morgan fingerprint density at radius 2 is 2.00 bits per heavy atom. The van der Waals surface area contributed by atoms with Crippen LogP contribution in [0.15, 0.2) is 4.52 Å². The van der Waals surface area contributed by atoms with Crippen molar-refractivity contribution in [2.75, 3.05) is 13.7 Å². The van der Waals surface area contributed by atoms with Crippen LogP contribution in [0.5, 0.6) is 0 Å². The van der Waals surface area contributed by atoms with E-state index in [0.29, 0.717) is 12.4 Å². The Morgan fingerprint density at radius 3 is 2.63 bits per heavy atom. The fraction of sp³-hybridized carbons (Fsp3) is 0.857. The van der Waals surface area contributed by atoms with Gasteiger partial charge in [-0.3, -0.25) is 0 Å². The zero-order valence-corrected chi connectivity index (χ0v) is 12.1. The maximum atomic E-state index is 5.78. The van der Waals surface area contributed by atoms with E-state index in [1.54, 1.807) is 7.11 Å². The van der Waals surface area contributed by atoms with Gasteiger partial charge in [0.15, 0.2) is 0 Å². The van der Waals surface area contributed by atoms with Gasteiger partial charge in [0, 0.05) is 7.11 Å². The topological polar surface area (TPSA) is 60.2 Å². The van der Waals surface area contributed by atoms with E-state index in [2.05, 4.69) is 22.4 Å². The lowest BCUT2D eigenvalue weighted by Crippen LogP contribution is -2.29. The first-order valence-corrected chi connectivity index (χ1v) is 7.39. The third-order valence-corrected chi connectivity index (χ3v) is 3.88. The van der Waals surface area contributed by atoms with Gasteiger partial charge in [0.05, 0.1) is 6.54 Å². The van der Waals surface area contributed by atoms with Crippen molar-refractivity contribution in [2.24, 2.45) is 0 Å². The maximum Gasteiger partial charge on any atom is 0.240 e. The summed E-state index contributed by atoms with van der Waals surface area (Å²) in [5.41, 5.74) is -0.330. The van der Waals surface area contributed by atoms with Crippen molar-refractivity contribution in [3.05, 3.63) is 11.7 Å². The average molecular weight is 267 g/mol. The molecule has 1 N–H and O–H groups in total. The number of hydrogen-bond donors (Lipinski definition) is 1. The number of nitrogens with zero attached hydrogens (tertiary/aromatic N) is 2. The van der Waals surface area contributed by atoms with Crippen LogP contribution in [-0.4, -0.2) is 23.8 Å². The van der Waals surface area contributed by atoms with E-state index in [4.69, 9.17) is 9.26 Å². The third kappa shape index (κ3) is 3.54. The van der Waals surface area contributed by atoms with Crippen molar-refractivity contribution in [1.82, 2.24) is 15.5 Å². The molecule has 0 radical (unpaired) electrons. The highest BCUT2D eigenvalue weighted by Gasteiger charge is 2.37. The molecule has 1 saturated carbocycles. The normalized spacial score (nSPS) is 19.3. The molecule has 5 nitrogen and oxygen atoms in total. The molecule has 0 aliphatic heterocycles. The lowest BCUT2D eigenvalue weighted by Gasteiger charge is -2.27. The molecule has 1 aliphatic carbocycles. The van der Waals surface area contributed by atoms with Crippen molar-refractivity contribution in [3.8, 4) is 0 Å². The summed E-state index contributed by atoms with van der Waals surface area (Å²) in [6.07, 6.45) is 7.97. The van der Waals surface area contributed by atoms with Gasteiger partial charge in [-0.05, 0) is 25.8 Å². The first kappa shape index (κ1) is 14.5. The van der Waals surface area contributed by atoms with Crippen LogP contribution in [0.4, 0.5) is 0 Å². The van der Waals surface area contributed by atoms with Crippen molar-refractivity contribution in [1.29, 1.82) is 0 Å². The summed E-state index contributed by atoms with van der Waals surface area (Å²) in [6.45, 7) is 3.74. The Bertz CT molecular complexity index is 371. The summed E-state index contributed by atoms with van der Waals surface area (Å²) >= 11 is 0. The molecule has 0 bridgehead atoms. The van der Waals surface area contributed by atoms with Gasteiger partial charge in [0.1, 0.15) is 5.60 Å². The van der Waals surface area contributed by atoms with Gasteiger partial charge in [-0.2, -0.15) is 4.98 Å². The van der Waals surface area contributed by atoms with Gasteiger partial charge in [0.25, 0.3) is 0 Å². The molecule has 5 heteroatoms. The van der Waals surface area contributed by atoms with Crippen LogP contribution >= 0.6 is 0 Å². The molecular weight excluding hydrogens is 242 g/mol. The minimum absolute atomic E-state index is 0.330. The van der Waals surface area contributed by atoms with Crippen molar-refractivity contribution >= 4 is 0 Å². The monoisotopic (exact) mass is 267 g/mol. The highest BCUT2D eigenvalue weighted by atomic mass is 16.5. The van der Waals surface area contributed by atoms with Gasteiger partial charge in [0.2, 0.25) is 11.7 Å². The van der Waals surface area contributed by atoms with E-state index < -0.39 is 0 Å². The predicted molar refractivity (Wildman–Crippen MR) is 72.7 cm³/mol. The third-order valence-electron chi connectivity index (χ3n) is 3.88. The molecule has 1 aromatic heterocycles. The molecule has 19 heavy (non-hydrogen) atoms. The highest BCUT2D eigenvalue weighted by Crippen LogP contribution is 2.37. The van der Waals surface area contributed by atoms with E-state index in [-0.39, 0.29) is 5.60 Å². The first-order chi connectivity index (χ1) is 9.30. The Balaban J connectivity index is 2.05. The minimum atomic E-state index is -0.330. The molecule has 108 valence electrons. The van der Waals surface area contributed by atoms with Gasteiger partial charge in [-0.15, -0.1) is 0 Å². The number of hydrogen-bond acceptors (Lipinski definition) is 5. The molecule has 1 fully saturated rings. The fourth-order valence-corrected chi connectivity index (χ4v) is 2.70. The number of aromatic nitrogens is 2.